The van der Waals surface area contributed by atoms with Gasteiger partial charge in [-0.2, -0.15) is 0 Å². The first-order chi connectivity index (χ1) is 11.4. The summed E-state index contributed by atoms with van der Waals surface area (Å²) >= 11 is 0. The smallest absolute Gasteiger partial charge is 0.230 e. The Kier molecular flexibility index (Phi) is 5.71. The lowest BCUT2D eigenvalue weighted by atomic mass is 9.92. The van der Waals surface area contributed by atoms with Crippen molar-refractivity contribution in [2.45, 2.75) is 25.4 Å². The molecule has 0 heterocycles. The molecule has 3 N–H and O–H groups in total. The van der Waals surface area contributed by atoms with Crippen LogP contribution < -0.4 is 10.6 Å². The van der Waals surface area contributed by atoms with Gasteiger partial charge in [-0.15, -0.1) is 0 Å². The zero-order valence-electron chi connectivity index (χ0n) is 13.7. The number of para-hydroxylation sites is 1. The van der Waals surface area contributed by atoms with Crippen molar-refractivity contribution in [3.05, 3.63) is 66.2 Å². The fourth-order valence-corrected chi connectivity index (χ4v) is 2.52. The summed E-state index contributed by atoms with van der Waals surface area (Å²) in [4.78, 5) is 25.3. The highest BCUT2D eigenvalue weighted by molar-refractivity contribution is 5.94. The summed E-state index contributed by atoms with van der Waals surface area (Å²) in [5, 5.41) is 10.7. The lowest BCUT2D eigenvalue weighted by Gasteiger charge is -2.28. The second-order valence-electron chi connectivity index (χ2n) is 5.91. The molecule has 0 saturated carbocycles. The third-order valence-electron chi connectivity index (χ3n) is 3.84. The number of rotatable bonds is 7. The Bertz CT molecular complexity index is 684. The lowest BCUT2D eigenvalue weighted by Crippen LogP contribution is -2.38. The van der Waals surface area contributed by atoms with Crippen LogP contribution in [0.15, 0.2) is 60.7 Å². The van der Waals surface area contributed by atoms with Crippen LogP contribution in [-0.4, -0.2) is 23.5 Å². The molecule has 0 radical (unpaired) electrons. The van der Waals surface area contributed by atoms with Crippen LogP contribution in [-0.2, 0) is 15.2 Å². The Morgan fingerprint density at radius 2 is 1.58 bits per heavy atom. The number of nitrogens with zero attached hydrogens (tertiary/aromatic N) is 1. The van der Waals surface area contributed by atoms with Crippen molar-refractivity contribution < 1.29 is 14.7 Å². The number of primary amides is 1. The maximum absolute atomic E-state index is 12.8. The number of amides is 2. The topological polar surface area (TPSA) is 83.6 Å². The van der Waals surface area contributed by atoms with E-state index in [1.165, 1.54) is 4.90 Å². The average molecular weight is 326 g/mol. The summed E-state index contributed by atoms with van der Waals surface area (Å²) in [5.74, 6) is -0.741. The van der Waals surface area contributed by atoms with E-state index in [0.717, 1.165) is 0 Å². The van der Waals surface area contributed by atoms with Gasteiger partial charge in [0.25, 0.3) is 0 Å². The van der Waals surface area contributed by atoms with E-state index in [4.69, 9.17) is 5.73 Å². The predicted octanol–water partition coefficient (Wildman–Crippen LogP) is 2.19. The van der Waals surface area contributed by atoms with Gasteiger partial charge < -0.3 is 15.7 Å². The lowest BCUT2D eigenvalue weighted by molar-refractivity contribution is -0.123. The third-order valence-corrected chi connectivity index (χ3v) is 3.84. The Labute approximate surface area is 141 Å². The van der Waals surface area contributed by atoms with E-state index in [0.29, 0.717) is 11.3 Å². The molecule has 0 saturated heterocycles. The van der Waals surface area contributed by atoms with E-state index in [9.17, 15) is 14.7 Å². The molecular weight excluding hydrogens is 304 g/mol. The molecule has 126 valence electrons. The molecule has 5 nitrogen and oxygen atoms in total. The molecule has 1 atom stereocenters. The quantitative estimate of drug-likeness (QED) is 0.818. The van der Waals surface area contributed by atoms with Gasteiger partial charge in [-0.05, 0) is 24.6 Å². The number of carbonyl (C=O) groups excluding carboxylic acids is 2. The first kappa shape index (κ1) is 17.7. The Morgan fingerprint density at radius 1 is 1.04 bits per heavy atom. The van der Waals surface area contributed by atoms with E-state index in [-0.39, 0.29) is 25.3 Å². The zero-order chi connectivity index (χ0) is 17.6. The monoisotopic (exact) mass is 326 g/mol. The van der Waals surface area contributed by atoms with E-state index >= 15 is 0 Å². The molecule has 24 heavy (non-hydrogen) atoms. The maximum Gasteiger partial charge on any atom is 0.230 e. The first-order valence-electron chi connectivity index (χ1n) is 7.82. The van der Waals surface area contributed by atoms with Crippen LogP contribution in [0.1, 0.15) is 25.3 Å². The van der Waals surface area contributed by atoms with E-state index in [2.05, 4.69) is 0 Å². The number of carbonyl (C=O) groups is 2. The van der Waals surface area contributed by atoms with Crippen LogP contribution in [0.25, 0.3) is 0 Å². The van der Waals surface area contributed by atoms with Crippen LogP contribution in [0, 0.1) is 0 Å². The first-order valence-corrected chi connectivity index (χ1v) is 7.82. The molecule has 2 amide bonds. The molecule has 2 rings (SSSR count). The second-order valence-corrected chi connectivity index (χ2v) is 5.91. The van der Waals surface area contributed by atoms with Gasteiger partial charge in [0, 0.05) is 18.7 Å². The van der Waals surface area contributed by atoms with Crippen LogP contribution in [0.5, 0.6) is 0 Å². The van der Waals surface area contributed by atoms with Crippen molar-refractivity contribution in [3.8, 4) is 0 Å². The minimum absolute atomic E-state index is 0.0636. The minimum atomic E-state index is -1.29. The molecule has 0 aliphatic carbocycles. The number of nitrogens with two attached hydrogens (primary N) is 1. The van der Waals surface area contributed by atoms with Crippen molar-refractivity contribution >= 4 is 17.5 Å². The highest BCUT2D eigenvalue weighted by Gasteiger charge is 2.29. The summed E-state index contributed by atoms with van der Waals surface area (Å²) in [6.45, 7) is 1.79. The molecule has 0 aromatic heterocycles. The Morgan fingerprint density at radius 3 is 2.12 bits per heavy atom. The van der Waals surface area contributed by atoms with Crippen LogP contribution in [0.2, 0.25) is 0 Å². The zero-order valence-corrected chi connectivity index (χ0v) is 13.7. The maximum atomic E-state index is 12.8. The van der Waals surface area contributed by atoms with Gasteiger partial charge in [-0.25, -0.2) is 0 Å². The molecule has 0 spiro atoms. The van der Waals surface area contributed by atoms with Crippen LogP contribution >= 0.6 is 0 Å². The fourth-order valence-electron chi connectivity index (χ4n) is 2.52. The number of anilines is 1. The fraction of sp³-hybridized carbons (Fsp3) is 0.263. The standard InChI is InChI=1S/C19H22N2O3/c1-19(24,15-8-4-2-5-9-15)14-18(23)21(13-12-17(20)22)16-10-6-3-7-11-16/h2-11,24H,12-14H2,1H3,(H2,20,22). The molecule has 5 heteroatoms. The van der Waals surface area contributed by atoms with Crippen molar-refractivity contribution in [3.63, 3.8) is 0 Å². The number of hydrogen-bond donors (Lipinski definition) is 2. The van der Waals surface area contributed by atoms with E-state index in [1.807, 2.05) is 36.4 Å². The molecule has 2 aromatic rings. The SMILES string of the molecule is CC(O)(CC(=O)N(CCC(N)=O)c1ccccc1)c1ccccc1. The highest BCUT2D eigenvalue weighted by Crippen LogP contribution is 2.26. The summed E-state index contributed by atoms with van der Waals surface area (Å²) in [6.07, 6.45) is -0.0290. The molecule has 1 unspecified atom stereocenters. The van der Waals surface area contributed by atoms with Gasteiger partial charge in [0.1, 0.15) is 0 Å². The Hall–Kier alpha value is -2.66. The minimum Gasteiger partial charge on any atom is -0.385 e. The largest absolute Gasteiger partial charge is 0.385 e. The highest BCUT2D eigenvalue weighted by atomic mass is 16.3. The molecule has 0 bridgehead atoms. The normalized spacial score (nSPS) is 13.1. The van der Waals surface area contributed by atoms with Crippen molar-refractivity contribution in [2.24, 2.45) is 5.73 Å². The van der Waals surface area contributed by atoms with Crippen molar-refractivity contribution in [1.82, 2.24) is 0 Å². The van der Waals surface area contributed by atoms with Gasteiger partial charge in [0.2, 0.25) is 11.8 Å². The second kappa shape index (κ2) is 7.75. The van der Waals surface area contributed by atoms with Crippen molar-refractivity contribution in [1.29, 1.82) is 0 Å². The van der Waals surface area contributed by atoms with Gasteiger partial charge >= 0.3 is 0 Å². The molecular formula is C19H22N2O3. The predicted molar refractivity (Wildman–Crippen MR) is 93.2 cm³/mol. The van der Waals surface area contributed by atoms with E-state index in [1.54, 1.807) is 31.2 Å². The summed E-state index contributed by atoms with van der Waals surface area (Å²) in [6, 6.07) is 18.1. The van der Waals surface area contributed by atoms with Gasteiger partial charge in [-0.1, -0.05) is 48.5 Å². The van der Waals surface area contributed by atoms with Crippen LogP contribution in [0.3, 0.4) is 0 Å². The molecule has 2 aromatic carbocycles. The Balaban J connectivity index is 2.19. The van der Waals surface area contributed by atoms with Gasteiger partial charge in [0.05, 0.1) is 12.0 Å². The summed E-state index contributed by atoms with van der Waals surface area (Å²) < 4.78 is 0. The van der Waals surface area contributed by atoms with Gasteiger partial charge in [0.15, 0.2) is 0 Å². The number of hydrogen-bond acceptors (Lipinski definition) is 3. The summed E-state index contributed by atoms with van der Waals surface area (Å²) in [7, 11) is 0. The number of aliphatic hydroxyl groups is 1. The van der Waals surface area contributed by atoms with Crippen LogP contribution in [0.4, 0.5) is 5.69 Å². The number of benzene rings is 2. The van der Waals surface area contributed by atoms with Gasteiger partial charge in [-0.3, -0.25) is 9.59 Å². The molecule has 0 aliphatic rings. The average Bonchev–Trinajstić information content (AvgIpc) is 2.56. The molecule has 0 fully saturated rings. The molecule has 0 aliphatic heterocycles. The summed E-state index contributed by atoms with van der Waals surface area (Å²) in [5.41, 5.74) is 5.26. The third kappa shape index (κ3) is 4.67. The van der Waals surface area contributed by atoms with Crippen molar-refractivity contribution in [2.75, 3.05) is 11.4 Å². The van der Waals surface area contributed by atoms with E-state index < -0.39 is 11.5 Å².